The Kier molecular flexibility index (Phi) is 4.65. The molecule has 0 aliphatic carbocycles. The molecule has 7 nitrogen and oxygen atoms in total. The van der Waals surface area contributed by atoms with Gasteiger partial charge in [-0.25, -0.2) is 0 Å². The third-order valence-corrected chi connectivity index (χ3v) is 5.37. The van der Waals surface area contributed by atoms with Crippen molar-refractivity contribution in [1.82, 2.24) is 19.7 Å². The maximum Gasteiger partial charge on any atom is 0.325 e. The summed E-state index contributed by atoms with van der Waals surface area (Å²) in [7, 11) is 1.41. The van der Waals surface area contributed by atoms with E-state index in [0.717, 1.165) is 50.2 Å². The van der Waals surface area contributed by atoms with Crippen molar-refractivity contribution in [2.45, 2.75) is 19.1 Å². The zero-order chi connectivity index (χ0) is 18.1. The number of para-hydroxylation sites is 1. The summed E-state index contributed by atoms with van der Waals surface area (Å²) in [6.07, 6.45) is 2.04. The molecular formula is C19H24N4O3. The fourth-order valence-electron chi connectivity index (χ4n) is 4.00. The molecule has 0 bridgehead atoms. The first-order valence-electron chi connectivity index (χ1n) is 9.03. The molecule has 0 radical (unpaired) electrons. The van der Waals surface area contributed by atoms with Gasteiger partial charge in [-0.15, -0.1) is 0 Å². The van der Waals surface area contributed by atoms with Gasteiger partial charge in [0.2, 0.25) is 5.91 Å². The van der Waals surface area contributed by atoms with Gasteiger partial charge in [0.15, 0.2) is 0 Å². The van der Waals surface area contributed by atoms with Crippen LogP contribution in [0.25, 0.3) is 10.9 Å². The number of esters is 1. The lowest BCUT2D eigenvalue weighted by Crippen LogP contribution is -2.63. The van der Waals surface area contributed by atoms with E-state index in [0.29, 0.717) is 0 Å². The van der Waals surface area contributed by atoms with E-state index in [1.807, 2.05) is 29.0 Å². The van der Waals surface area contributed by atoms with Gasteiger partial charge in [0, 0.05) is 56.4 Å². The Bertz CT molecular complexity index is 831. The maximum atomic E-state index is 12.2. The highest BCUT2D eigenvalue weighted by Gasteiger charge is 2.34. The second-order valence-electron chi connectivity index (χ2n) is 6.95. The van der Waals surface area contributed by atoms with E-state index in [-0.39, 0.29) is 24.5 Å². The van der Waals surface area contributed by atoms with Gasteiger partial charge in [-0.1, -0.05) is 18.2 Å². The number of ether oxygens (including phenoxy) is 1. The molecule has 1 N–H and O–H groups in total. The summed E-state index contributed by atoms with van der Waals surface area (Å²) in [5.41, 5.74) is 2.20. The van der Waals surface area contributed by atoms with E-state index < -0.39 is 0 Å². The van der Waals surface area contributed by atoms with Crippen molar-refractivity contribution in [2.24, 2.45) is 0 Å². The number of hydrogen-bond acceptors (Lipinski definition) is 5. The molecule has 26 heavy (non-hydrogen) atoms. The average molecular weight is 356 g/mol. The first kappa shape index (κ1) is 17.1. The monoisotopic (exact) mass is 356 g/mol. The second kappa shape index (κ2) is 7.09. The van der Waals surface area contributed by atoms with Crippen LogP contribution in [0.5, 0.6) is 0 Å². The highest BCUT2D eigenvalue weighted by Crippen LogP contribution is 2.24. The molecule has 2 saturated heterocycles. The SMILES string of the molecule is COC(=O)Cn1cc(CN2CCN3CCNC(=O)[C@H]3C2)c2ccccc21. The quantitative estimate of drug-likeness (QED) is 0.805. The molecule has 1 aromatic carbocycles. The van der Waals surface area contributed by atoms with Crippen molar-refractivity contribution in [1.29, 1.82) is 0 Å². The summed E-state index contributed by atoms with van der Waals surface area (Å²) < 4.78 is 6.76. The van der Waals surface area contributed by atoms with Gasteiger partial charge in [-0.2, -0.15) is 0 Å². The van der Waals surface area contributed by atoms with E-state index in [1.54, 1.807) is 0 Å². The molecule has 4 rings (SSSR count). The molecular weight excluding hydrogens is 332 g/mol. The molecule has 7 heteroatoms. The van der Waals surface area contributed by atoms with Crippen molar-refractivity contribution in [3.05, 3.63) is 36.0 Å². The lowest BCUT2D eigenvalue weighted by Gasteiger charge is -2.43. The number of amides is 1. The summed E-state index contributed by atoms with van der Waals surface area (Å²) in [5.74, 6) is -0.126. The van der Waals surface area contributed by atoms with Gasteiger partial charge in [0.25, 0.3) is 0 Å². The van der Waals surface area contributed by atoms with Gasteiger partial charge in [-0.3, -0.25) is 19.4 Å². The molecule has 138 valence electrons. The van der Waals surface area contributed by atoms with Crippen LogP contribution in [0.3, 0.4) is 0 Å². The van der Waals surface area contributed by atoms with E-state index in [2.05, 4.69) is 21.2 Å². The molecule has 0 saturated carbocycles. The van der Waals surface area contributed by atoms with Crippen LogP contribution >= 0.6 is 0 Å². The number of nitrogens with one attached hydrogen (secondary N) is 1. The van der Waals surface area contributed by atoms with Crippen LogP contribution in [-0.2, 0) is 27.4 Å². The molecule has 1 amide bonds. The van der Waals surface area contributed by atoms with Crippen LogP contribution in [0, 0.1) is 0 Å². The largest absolute Gasteiger partial charge is 0.468 e. The first-order chi connectivity index (χ1) is 12.7. The van der Waals surface area contributed by atoms with Crippen LogP contribution in [0.4, 0.5) is 0 Å². The predicted molar refractivity (Wildman–Crippen MR) is 97.6 cm³/mol. The van der Waals surface area contributed by atoms with Crippen molar-refractivity contribution >= 4 is 22.8 Å². The number of fused-ring (bicyclic) bond motifs is 2. The Morgan fingerprint density at radius 1 is 1.27 bits per heavy atom. The summed E-state index contributed by atoms with van der Waals surface area (Å²) in [5, 5.41) is 4.11. The third-order valence-electron chi connectivity index (χ3n) is 5.37. The van der Waals surface area contributed by atoms with Crippen molar-refractivity contribution in [3.63, 3.8) is 0 Å². The molecule has 0 unspecified atom stereocenters. The fraction of sp³-hybridized carbons (Fsp3) is 0.474. The lowest BCUT2D eigenvalue weighted by atomic mass is 10.1. The smallest absolute Gasteiger partial charge is 0.325 e. The van der Waals surface area contributed by atoms with E-state index >= 15 is 0 Å². The van der Waals surface area contributed by atoms with E-state index in [4.69, 9.17) is 4.74 Å². The molecule has 3 heterocycles. The van der Waals surface area contributed by atoms with E-state index in [1.165, 1.54) is 12.7 Å². The summed E-state index contributed by atoms with van der Waals surface area (Å²) in [4.78, 5) is 28.5. The fourth-order valence-corrected chi connectivity index (χ4v) is 4.00. The topological polar surface area (TPSA) is 66.8 Å². The highest BCUT2D eigenvalue weighted by molar-refractivity contribution is 5.85. The summed E-state index contributed by atoms with van der Waals surface area (Å²) in [6.45, 7) is 5.25. The molecule has 2 aromatic rings. The maximum absolute atomic E-state index is 12.2. The minimum Gasteiger partial charge on any atom is -0.468 e. The molecule has 2 aliphatic heterocycles. The van der Waals surface area contributed by atoms with Gasteiger partial charge in [0.05, 0.1) is 7.11 Å². The van der Waals surface area contributed by atoms with Crippen LogP contribution in [0.1, 0.15) is 5.56 Å². The minimum atomic E-state index is -0.259. The molecule has 2 fully saturated rings. The summed E-state index contributed by atoms with van der Waals surface area (Å²) >= 11 is 0. The molecule has 2 aliphatic rings. The number of carbonyl (C=O) groups excluding carboxylic acids is 2. The van der Waals surface area contributed by atoms with Crippen LogP contribution in [-0.4, -0.2) is 72.1 Å². The number of rotatable bonds is 4. The van der Waals surface area contributed by atoms with Crippen molar-refractivity contribution in [2.75, 3.05) is 39.8 Å². The highest BCUT2D eigenvalue weighted by atomic mass is 16.5. The molecule has 0 spiro atoms. The standard InChI is InChI=1S/C19H24N4O3/c1-26-18(24)13-23-11-14(15-4-2-3-5-16(15)23)10-21-8-9-22-7-6-20-19(25)17(22)12-21/h2-5,11,17H,6-10,12-13H2,1H3,(H,20,25)/t17-/m1/s1. The first-order valence-corrected chi connectivity index (χ1v) is 9.03. The zero-order valence-corrected chi connectivity index (χ0v) is 15.0. The van der Waals surface area contributed by atoms with Gasteiger partial charge in [-0.05, 0) is 11.6 Å². The summed E-state index contributed by atoms with van der Waals surface area (Å²) in [6, 6.07) is 8.04. The number of methoxy groups -OCH3 is 1. The van der Waals surface area contributed by atoms with Crippen LogP contribution in [0.15, 0.2) is 30.5 Å². The molecule has 1 atom stereocenters. The predicted octanol–water partition coefficient (Wildman–Crippen LogP) is 0.430. The van der Waals surface area contributed by atoms with E-state index in [9.17, 15) is 9.59 Å². The Hall–Kier alpha value is -2.38. The second-order valence-corrected chi connectivity index (χ2v) is 6.95. The van der Waals surface area contributed by atoms with Crippen molar-refractivity contribution < 1.29 is 14.3 Å². The Labute approximate surface area is 152 Å². The molecule has 1 aromatic heterocycles. The number of nitrogens with zero attached hydrogens (tertiary/aromatic N) is 3. The number of hydrogen-bond donors (Lipinski definition) is 1. The average Bonchev–Trinajstić information content (AvgIpc) is 3.00. The van der Waals surface area contributed by atoms with Crippen LogP contribution < -0.4 is 5.32 Å². The Morgan fingerprint density at radius 2 is 2.12 bits per heavy atom. The third kappa shape index (κ3) is 3.20. The van der Waals surface area contributed by atoms with Crippen molar-refractivity contribution in [3.8, 4) is 0 Å². The van der Waals surface area contributed by atoms with Crippen LogP contribution in [0.2, 0.25) is 0 Å². The number of benzene rings is 1. The normalized spacial score (nSPS) is 21.4. The Morgan fingerprint density at radius 3 is 2.96 bits per heavy atom. The number of carbonyl (C=O) groups is 2. The van der Waals surface area contributed by atoms with Gasteiger partial charge >= 0.3 is 5.97 Å². The van der Waals surface area contributed by atoms with Gasteiger partial charge < -0.3 is 14.6 Å². The number of piperazine rings is 2. The number of aromatic nitrogens is 1. The minimum absolute atomic E-state index is 0.0547. The Balaban J connectivity index is 1.55. The lowest BCUT2D eigenvalue weighted by molar-refractivity contribution is -0.141. The zero-order valence-electron chi connectivity index (χ0n) is 15.0. The van der Waals surface area contributed by atoms with Gasteiger partial charge in [0.1, 0.15) is 12.6 Å².